The van der Waals surface area contributed by atoms with Crippen molar-refractivity contribution in [2.45, 2.75) is 64.3 Å². The van der Waals surface area contributed by atoms with E-state index in [9.17, 15) is 0 Å². The van der Waals surface area contributed by atoms with Gasteiger partial charge in [0, 0.05) is 29.1 Å². The van der Waals surface area contributed by atoms with Crippen LogP contribution in [0.3, 0.4) is 0 Å². The van der Waals surface area contributed by atoms with Crippen molar-refractivity contribution in [3.8, 4) is 0 Å². The van der Waals surface area contributed by atoms with Gasteiger partial charge in [0.1, 0.15) is 5.01 Å². The summed E-state index contributed by atoms with van der Waals surface area (Å²) in [6.45, 7) is 7.71. The molecule has 0 amide bonds. The zero-order valence-corrected chi connectivity index (χ0v) is 13.3. The fourth-order valence-corrected chi connectivity index (χ4v) is 3.71. The molecule has 102 valence electrons. The van der Waals surface area contributed by atoms with Gasteiger partial charge in [-0.15, -0.1) is 11.3 Å². The molecule has 0 spiro atoms. The molecule has 1 N–H and O–H groups in total. The maximum atomic E-state index is 4.87. The van der Waals surface area contributed by atoms with E-state index >= 15 is 0 Å². The third kappa shape index (κ3) is 3.97. The van der Waals surface area contributed by atoms with Gasteiger partial charge in [0.05, 0.1) is 5.69 Å². The molecule has 18 heavy (non-hydrogen) atoms. The van der Waals surface area contributed by atoms with E-state index in [1.165, 1.54) is 40.6 Å². The van der Waals surface area contributed by atoms with Crippen molar-refractivity contribution in [3.05, 3.63) is 15.6 Å². The highest BCUT2D eigenvalue weighted by molar-refractivity contribution is 7.98. The fourth-order valence-electron chi connectivity index (χ4n) is 1.88. The van der Waals surface area contributed by atoms with Crippen molar-refractivity contribution in [1.29, 1.82) is 0 Å². The molecule has 1 aromatic heterocycles. The number of thiazole rings is 1. The van der Waals surface area contributed by atoms with E-state index in [0.717, 1.165) is 18.2 Å². The summed E-state index contributed by atoms with van der Waals surface area (Å²) >= 11 is 3.90. The Bertz CT molecular complexity index is 372. The zero-order valence-electron chi connectivity index (χ0n) is 11.7. The van der Waals surface area contributed by atoms with Crippen LogP contribution in [0.1, 0.15) is 61.5 Å². The Labute approximate surface area is 119 Å². The van der Waals surface area contributed by atoms with Crippen LogP contribution in [0, 0.1) is 0 Å². The molecule has 0 saturated heterocycles. The molecule has 1 heterocycles. The predicted octanol–water partition coefficient (Wildman–Crippen LogP) is 4.16. The summed E-state index contributed by atoms with van der Waals surface area (Å²) in [4.78, 5) is 6.36. The van der Waals surface area contributed by atoms with Crippen molar-refractivity contribution < 1.29 is 0 Å². The van der Waals surface area contributed by atoms with Crippen LogP contribution in [0.2, 0.25) is 0 Å². The van der Waals surface area contributed by atoms with E-state index in [-0.39, 0.29) is 0 Å². The SMILES string of the molecule is CCSCc1nc(C2CC2)c(CNC(C)CC)s1. The fraction of sp³-hybridized carbons (Fsp3) is 0.786. The lowest BCUT2D eigenvalue weighted by atomic mass is 10.2. The molecule has 1 aromatic rings. The van der Waals surface area contributed by atoms with Gasteiger partial charge in [0.2, 0.25) is 0 Å². The van der Waals surface area contributed by atoms with E-state index in [1.54, 1.807) is 0 Å². The summed E-state index contributed by atoms with van der Waals surface area (Å²) < 4.78 is 0. The molecular weight excluding hydrogens is 260 g/mol. The molecule has 4 heteroatoms. The van der Waals surface area contributed by atoms with Crippen molar-refractivity contribution >= 4 is 23.1 Å². The predicted molar refractivity (Wildman–Crippen MR) is 82.5 cm³/mol. The molecule has 0 aliphatic heterocycles. The van der Waals surface area contributed by atoms with E-state index in [1.807, 2.05) is 23.1 Å². The number of rotatable bonds is 8. The first-order chi connectivity index (χ1) is 8.74. The van der Waals surface area contributed by atoms with Crippen LogP contribution >= 0.6 is 23.1 Å². The number of hydrogen-bond acceptors (Lipinski definition) is 4. The molecule has 1 saturated carbocycles. The number of thioether (sulfide) groups is 1. The molecule has 1 unspecified atom stereocenters. The summed E-state index contributed by atoms with van der Waals surface area (Å²) in [7, 11) is 0. The Morgan fingerprint density at radius 1 is 1.44 bits per heavy atom. The first-order valence-corrected chi connectivity index (χ1v) is 9.01. The van der Waals surface area contributed by atoms with Crippen molar-refractivity contribution in [1.82, 2.24) is 10.3 Å². The van der Waals surface area contributed by atoms with Crippen LogP contribution in [0.5, 0.6) is 0 Å². The number of hydrogen-bond donors (Lipinski definition) is 1. The third-order valence-electron chi connectivity index (χ3n) is 3.39. The average Bonchev–Trinajstić information content (AvgIpc) is 3.15. The van der Waals surface area contributed by atoms with Gasteiger partial charge in [-0.2, -0.15) is 11.8 Å². The highest BCUT2D eigenvalue weighted by Crippen LogP contribution is 2.43. The molecule has 1 atom stereocenters. The standard InChI is InChI=1S/C14H24N2S2/c1-4-10(3)15-8-12-14(11-6-7-11)16-13(18-12)9-17-5-2/h10-11,15H,4-9H2,1-3H3. The largest absolute Gasteiger partial charge is 0.309 e. The molecule has 1 aliphatic carbocycles. The maximum Gasteiger partial charge on any atom is 0.103 e. The molecular formula is C14H24N2S2. The van der Waals surface area contributed by atoms with Crippen LogP contribution in [0.15, 0.2) is 0 Å². The van der Waals surface area contributed by atoms with Crippen molar-refractivity contribution in [3.63, 3.8) is 0 Å². The molecule has 0 bridgehead atoms. The average molecular weight is 284 g/mol. The van der Waals surface area contributed by atoms with Crippen LogP contribution in [-0.4, -0.2) is 16.8 Å². The van der Waals surface area contributed by atoms with Crippen LogP contribution in [0.25, 0.3) is 0 Å². The van der Waals surface area contributed by atoms with Gasteiger partial charge >= 0.3 is 0 Å². The van der Waals surface area contributed by atoms with Crippen molar-refractivity contribution in [2.24, 2.45) is 0 Å². The van der Waals surface area contributed by atoms with Crippen molar-refractivity contribution in [2.75, 3.05) is 5.75 Å². The molecule has 0 radical (unpaired) electrons. The minimum atomic E-state index is 0.604. The molecule has 1 aliphatic rings. The van der Waals surface area contributed by atoms with Gasteiger partial charge in [-0.3, -0.25) is 0 Å². The van der Waals surface area contributed by atoms with Gasteiger partial charge in [0.25, 0.3) is 0 Å². The lowest BCUT2D eigenvalue weighted by Gasteiger charge is -2.10. The lowest BCUT2D eigenvalue weighted by Crippen LogP contribution is -2.24. The summed E-state index contributed by atoms with van der Waals surface area (Å²) in [5.41, 5.74) is 1.41. The van der Waals surface area contributed by atoms with Crippen LogP contribution < -0.4 is 5.32 Å². The van der Waals surface area contributed by atoms with Gasteiger partial charge in [-0.05, 0) is 31.9 Å². The molecule has 0 aromatic carbocycles. The summed E-state index contributed by atoms with van der Waals surface area (Å²) in [5, 5.41) is 4.93. The lowest BCUT2D eigenvalue weighted by molar-refractivity contribution is 0.535. The van der Waals surface area contributed by atoms with Gasteiger partial charge in [-0.25, -0.2) is 4.98 Å². The van der Waals surface area contributed by atoms with E-state index in [2.05, 4.69) is 26.1 Å². The van der Waals surface area contributed by atoms with Gasteiger partial charge < -0.3 is 5.32 Å². The number of nitrogens with one attached hydrogen (secondary N) is 1. The van der Waals surface area contributed by atoms with Gasteiger partial charge in [-0.1, -0.05) is 13.8 Å². The van der Waals surface area contributed by atoms with Crippen LogP contribution in [-0.2, 0) is 12.3 Å². The van der Waals surface area contributed by atoms with Crippen LogP contribution in [0.4, 0.5) is 0 Å². The maximum absolute atomic E-state index is 4.87. The second kappa shape index (κ2) is 6.92. The summed E-state index contributed by atoms with van der Waals surface area (Å²) in [5.74, 6) is 3.04. The van der Waals surface area contributed by atoms with E-state index in [0.29, 0.717) is 6.04 Å². The Morgan fingerprint density at radius 3 is 2.83 bits per heavy atom. The third-order valence-corrected chi connectivity index (χ3v) is 5.53. The summed E-state index contributed by atoms with van der Waals surface area (Å²) in [6, 6.07) is 0.604. The first-order valence-electron chi connectivity index (χ1n) is 7.04. The zero-order chi connectivity index (χ0) is 13.0. The minimum Gasteiger partial charge on any atom is -0.309 e. The Balaban J connectivity index is 1.99. The van der Waals surface area contributed by atoms with E-state index < -0.39 is 0 Å². The smallest absolute Gasteiger partial charge is 0.103 e. The quantitative estimate of drug-likeness (QED) is 0.776. The topological polar surface area (TPSA) is 24.9 Å². The highest BCUT2D eigenvalue weighted by atomic mass is 32.2. The number of aromatic nitrogens is 1. The number of nitrogens with zero attached hydrogens (tertiary/aromatic N) is 1. The minimum absolute atomic E-state index is 0.604. The Morgan fingerprint density at radius 2 is 2.22 bits per heavy atom. The normalized spacial score (nSPS) is 17.1. The Hall–Kier alpha value is -0.0600. The Kier molecular flexibility index (Phi) is 5.52. The monoisotopic (exact) mass is 284 g/mol. The second-order valence-electron chi connectivity index (χ2n) is 5.02. The summed E-state index contributed by atoms with van der Waals surface area (Å²) in [6.07, 6.45) is 3.89. The molecule has 1 fully saturated rings. The molecule has 2 nitrogen and oxygen atoms in total. The second-order valence-corrected chi connectivity index (χ2v) is 7.46. The highest BCUT2D eigenvalue weighted by Gasteiger charge is 2.29. The van der Waals surface area contributed by atoms with E-state index in [4.69, 9.17) is 4.98 Å². The van der Waals surface area contributed by atoms with Gasteiger partial charge in [0.15, 0.2) is 0 Å². The molecule has 2 rings (SSSR count). The first kappa shape index (κ1) is 14.4.